The second-order valence-electron chi connectivity index (χ2n) is 3.59. The van der Waals surface area contributed by atoms with Crippen molar-refractivity contribution >= 4 is 21.7 Å². The predicted molar refractivity (Wildman–Crippen MR) is 63.9 cm³/mol. The molecule has 5 heteroatoms. The zero-order chi connectivity index (χ0) is 12.8. The Morgan fingerprint density at radius 2 is 2.12 bits per heavy atom. The summed E-state index contributed by atoms with van der Waals surface area (Å²) < 4.78 is 32.0. The monoisotopic (exact) mass is 306 g/mol. The summed E-state index contributed by atoms with van der Waals surface area (Å²) in [7, 11) is 0. The molecule has 0 aliphatic heterocycles. The number of hydrogen-bond acceptors (Lipinski definition) is 2. The second-order valence-corrected chi connectivity index (χ2v) is 4.44. The van der Waals surface area contributed by atoms with Crippen molar-refractivity contribution < 1.29 is 18.3 Å². The molecule has 0 bridgehead atoms. The van der Waals surface area contributed by atoms with E-state index in [9.17, 15) is 13.6 Å². The third kappa shape index (κ3) is 4.16. The van der Waals surface area contributed by atoms with E-state index in [1.54, 1.807) is 0 Å². The molecule has 0 saturated carbocycles. The lowest BCUT2D eigenvalue weighted by Crippen LogP contribution is -2.14. The SMILES string of the molecule is CCCOCC(=O)Cc1c(F)ccc(Br)c1F. The van der Waals surface area contributed by atoms with Crippen LogP contribution in [-0.4, -0.2) is 19.0 Å². The minimum absolute atomic E-state index is 0.112. The first-order valence-electron chi connectivity index (χ1n) is 5.28. The molecule has 0 amide bonds. The van der Waals surface area contributed by atoms with Gasteiger partial charge in [0.05, 0.1) is 4.47 Å². The molecule has 0 aliphatic carbocycles. The molecule has 0 radical (unpaired) electrons. The smallest absolute Gasteiger partial charge is 0.163 e. The van der Waals surface area contributed by atoms with E-state index in [0.717, 1.165) is 12.5 Å². The molecule has 0 atom stereocenters. The van der Waals surface area contributed by atoms with Gasteiger partial charge in [-0.15, -0.1) is 0 Å². The number of halogens is 3. The van der Waals surface area contributed by atoms with Gasteiger partial charge >= 0.3 is 0 Å². The zero-order valence-electron chi connectivity index (χ0n) is 9.43. The summed E-state index contributed by atoms with van der Waals surface area (Å²) in [6, 6.07) is 2.40. The summed E-state index contributed by atoms with van der Waals surface area (Å²) in [6.45, 7) is 2.27. The first-order valence-corrected chi connectivity index (χ1v) is 6.07. The summed E-state index contributed by atoms with van der Waals surface area (Å²) in [5.41, 5.74) is -0.218. The lowest BCUT2D eigenvalue weighted by Gasteiger charge is -2.06. The number of rotatable bonds is 6. The Kier molecular flexibility index (Phi) is 5.71. The topological polar surface area (TPSA) is 26.3 Å². The van der Waals surface area contributed by atoms with E-state index < -0.39 is 11.6 Å². The van der Waals surface area contributed by atoms with Crippen molar-refractivity contribution in [3.8, 4) is 0 Å². The molecule has 0 saturated heterocycles. The maximum Gasteiger partial charge on any atom is 0.163 e. The fraction of sp³-hybridized carbons (Fsp3) is 0.417. The molecule has 1 rings (SSSR count). The Bertz CT molecular complexity index is 408. The fourth-order valence-corrected chi connectivity index (χ4v) is 1.68. The fourth-order valence-electron chi connectivity index (χ4n) is 1.31. The standard InChI is InChI=1S/C12H13BrF2O2/c1-2-5-17-7-8(16)6-9-11(14)4-3-10(13)12(9)15/h3-4H,2,5-7H2,1H3. The maximum absolute atomic E-state index is 13.5. The molecule has 0 N–H and O–H groups in total. The average molecular weight is 307 g/mol. The molecule has 94 valence electrons. The highest BCUT2D eigenvalue weighted by Gasteiger charge is 2.15. The van der Waals surface area contributed by atoms with Crippen LogP contribution in [0.1, 0.15) is 18.9 Å². The van der Waals surface area contributed by atoms with Gasteiger partial charge in [-0.05, 0) is 34.5 Å². The predicted octanol–water partition coefficient (Wildman–Crippen LogP) is 3.27. The number of Topliss-reactive ketones (excluding diaryl/α,β-unsaturated/α-hetero) is 1. The number of ketones is 1. The Morgan fingerprint density at radius 1 is 1.41 bits per heavy atom. The van der Waals surface area contributed by atoms with Crippen molar-refractivity contribution in [2.45, 2.75) is 19.8 Å². The van der Waals surface area contributed by atoms with Crippen molar-refractivity contribution in [3.05, 3.63) is 33.8 Å². The van der Waals surface area contributed by atoms with Gasteiger partial charge in [0.25, 0.3) is 0 Å². The first kappa shape index (κ1) is 14.3. The second kappa shape index (κ2) is 6.81. The summed E-state index contributed by atoms with van der Waals surface area (Å²) in [4.78, 5) is 11.4. The molecule has 1 aromatic carbocycles. The lowest BCUT2D eigenvalue weighted by molar-refractivity contribution is -0.123. The van der Waals surface area contributed by atoms with Crippen LogP contribution in [-0.2, 0) is 16.0 Å². The molecule has 0 aliphatic rings. The zero-order valence-corrected chi connectivity index (χ0v) is 11.0. The third-order valence-electron chi connectivity index (χ3n) is 2.12. The molecule has 0 fully saturated rings. The van der Waals surface area contributed by atoms with Crippen molar-refractivity contribution in [1.82, 2.24) is 0 Å². The number of carbonyl (C=O) groups is 1. The molecule has 17 heavy (non-hydrogen) atoms. The average Bonchev–Trinajstić information content (AvgIpc) is 2.30. The number of ether oxygens (including phenoxy) is 1. The van der Waals surface area contributed by atoms with Gasteiger partial charge in [0, 0.05) is 18.6 Å². The highest BCUT2D eigenvalue weighted by Crippen LogP contribution is 2.22. The van der Waals surface area contributed by atoms with Crippen molar-refractivity contribution in [2.24, 2.45) is 0 Å². The van der Waals surface area contributed by atoms with Crippen LogP contribution in [0.2, 0.25) is 0 Å². The molecular weight excluding hydrogens is 294 g/mol. The van der Waals surface area contributed by atoms with Gasteiger partial charge in [-0.25, -0.2) is 8.78 Å². The highest BCUT2D eigenvalue weighted by atomic mass is 79.9. The van der Waals surface area contributed by atoms with Crippen LogP contribution >= 0.6 is 15.9 Å². The molecule has 0 unspecified atom stereocenters. The molecule has 1 aromatic rings. The van der Waals surface area contributed by atoms with Crippen LogP contribution in [0, 0.1) is 11.6 Å². The van der Waals surface area contributed by atoms with Crippen LogP contribution < -0.4 is 0 Å². The summed E-state index contributed by atoms with van der Waals surface area (Å²) in [5.74, 6) is -1.78. The van der Waals surface area contributed by atoms with Gasteiger partial charge in [-0.2, -0.15) is 0 Å². The quantitative estimate of drug-likeness (QED) is 0.595. The summed E-state index contributed by atoms with van der Waals surface area (Å²) in [5, 5.41) is 0. The van der Waals surface area contributed by atoms with E-state index >= 15 is 0 Å². The van der Waals surface area contributed by atoms with Crippen molar-refractivity contribution in [3.63, 3.8) is 0 Å². The number of carbonyl (C=O) groups excluding carboxylic acids is 1. The van der Waals surface area contributed by atoms with Gasteiger partial charge in [0.1, 0.15) is 18.2 Å². The van der Waals surface area contributed by atoms with Crippen molar-refractivity contribution in [2.75, 3.05) is 13.2 Å². The van der Waals surface area contributed by atoms with Crippen LogP contribution in [0.5, 0.6) is 0 Å². The van der Waals surface area contributed by atoms with Gasteiger partial charge in [-0.3, -0.25) is 4.79 Å². The number of hydrogen-bond donors (Lipinski definition) is 0. The van der Waals surface area contributed by atoms with Gasteiger partial charge in [0.15, 0.2) is 5.78 Å². The Balaban J connectivity index is 2.68. The van der Waals surface area contributed by atoms with E-state index in [-0.39, 0.29) is 28.8 Å². The van der Waals surface area contributed by atoms with Gasteiger partial charge in [-0.1, -0.05) is 6.92 Å². The summed E-state index contributed by atoms with van der Waals surface area (Å²) in [6.07, 6.45) is 0.508. The molecule has 0 heterocycles. The maximum atomic E-state index is 13.5. The van der Waals surface area contributed by atoms with Crippen molar-refractivity contribution in [1.29, 1.82) is 0 Å². The highest BCUT2D eigenvalue weighted by molar-refractivity contribution is 9.10. The Hall–Kier alpha value is -0.810. The lowest BCUT2D eigenvalue weighted by atomic mass is 10.1. The van der Waals surface area contributed by atoms with E-state index in [1.807, 2.05) is 6.92 Å². The molecule has 2 nitrogen and oxygen atoms in total. The van der Waals surface area contributed by atoms with E-state index in [4.69, 9.17) is 4.74 Å². The van der Waals surface area contributed by atoms with Crippen LogP contribution in [0.3, 0.4) is 0 Å². The van der Waals surface area contributed by atoms with Crippen LogP contribution in [0.25, 0.3) is 0 Å². The molecular formula is C12H13BrF2O2. The molecule has 0 aromatic heterocycles. The number of benzene rings is 1. The normalized spacial score (nSPS) is 10.6. The van der Waals surface area contributed by atoms with Crippen LogP contribution in [0.4, 0.5) is 8.78 Å². The summed E-state index contributed by atoms with van der Waals surface area (Å²) >= 11 is 2.95. The Morgan fingerprint density at radius 3 is 2.76 bits per heavy atom. The van der Waals surface area contributed by atoms with E-state index in [0.29, 0.717) is 6.61 Å². The largest absolute Gasteiger partial charge is 0.374 e. The van der Waals surface area contributed by atoms with Gasteiger partial charge in [0.2, 0.25) is 0 Å². The third-order valence-corrected chi connectivity index (χ3v) is 2.74. The first-order chi connectivity index (χ1) is 8.06. The minimum atomic E-state index is -0.728. The Labute approximate surface area is 107 Å². The van der Waals surface area contributed by atoms with Crippen LogP contribution in [0.15, 0.2) is 16.6 Å². The van der Waals surface area contributed by atoms with E-state index in [1.165, 1.54) is 6.07 Å². The minimum Gasteiger partial charge on any atom is -0.374 e. The van der Waals surface area contributed by atoms with Gasteiger partial charge < -0.3 is 4.74 Å². The van der Waals surface area contributed by atoms with E-state index in [2.05, 4.69) is 15.9 Å². The molecule has 0 spiro atoms.